The number of hydrogen-bond acceptors (Lipinski definition) is 6. The number of aryl methyl sites for hydroxylation is 1. The van der Waals surface area contributed by atoms with Gasteiger partial charge in [-0.2, -0.15) is 0 Å². The predicted molar refractivity (Wildman–Crippen MR) is 98.4 cm³/mol. The largest absolute Gasteiger partial charge is 0.496 e. The van der Waals surface area contributed by atoms with E-state index in [1.165, 1.54) is 0 Å². The van der Waals surface area contributed by atoms with Gasteiger partial charge in [0.15, 0.2) is 5.82 Å². The van der Waals surface area contributed by atoms with E-state index in [1.54, 1.807) is 36.1 Å². The summed E-state index contributed by atoms with van der Waals surface area (Å²) >= 11 is 0. The van der Waals surface area contributed by atoms with Crippen LogP contribution in [-0.4, -0.2) is 33.2 Å². The van der Waals surface area contributed by atoms with E-state index in [-0.39, 0.29) is 12.5 Å². The lowest BCUT2D eigenvalue weighted by Gasteiger charge is -2.10. The van der Waals surface area contributed by atoms with Gasteiger partial charge < -0.3 is 14.8 Å². The number of carbonyl (C=O) groups is 1. The molecule has 0 bridgehead atoms. The van der Waals surface area contributed by atoms with Gasteiger partial charge in [0.05, 0.1) is 7.11 Å². The van der Waals surface area contributed by atoms with Crippen molar-refractivity contribution >= 4 is 5.91 Å². The van der Waals surface area contributed by atoms with Gasteiger partial charge in [-0.05, 0) is 47.7 Å². The highest BCUT2D eigenvalue weighted by molar-refractivity contribution is 5.94. The molecule has 0 saturated carbocycles. The molecule has 1 N–H and O–H groups in total. The quantitative estimate of drug-likeness (QED) is 0.656. The van der Waals surface area contributed by atoms with E-state index in [2.05, 4.69) is 20.8 Å². The molecule has 8 heteroatoms. The van der Waals surface area contributed by atoms with Gasteiger partial charge in [0, 0.05) is 24.2 Å². The smallest absolute Gasteiger partial charge is 0.251 e. The second-order valence-corrected chi connectivity index (χ2v) is 5.72. The first-order chi connectivity index (χ1) is 13.2. The molecule has 0 atom stereocenters. The minimum absolute atomic E-state index is 0.164. The van der Waals surface area contributed by atoms with Crippen LogP contribution >= 0.6 is 0 Å². The zero-order chi connectivity index (χ0) is 19.1. The molecular weight excluding hydrogens is 346 g/mol. The van der Waals surface area contributed by atoms with Crippen LogP contribution in [0.5, 0.6) is 11.5 Å². The number of benzene rings is 2. The van der Waals surface area contributed by atoms with Gasteiger partial charge in [-0.1, -0.05) is 18.2 Å². The Bertz CT molecular complexity index is 892. The summed E-state index contributed by atoms with van der Waals surface area (Å²) in [7, 11) is 1.61. The summed E-state index contributed by atoms with van der Waals surface area (Å²) in [5.41, 5.74) is 1.47. The number of rotatable bonds is 8. The van der Waals surface area contributed by atoms with E-state index in [9.17, 15) is 4.79 Å². The summed E-state index contributed by atoms with van der Waals surface area (Å²) in [6.07, 6.45) is 0. The Morgan fingerprint density at radius 1 is 1.15 bits per heavy atom. The van der Waals surface area contributed by atoms with E-state index >= 15 is 0 Å². The first kappa shape index (κ1) is 18.4. The molecule has 1 heterocycles. The lowest BCUT2D eigenvalue weighted by Crippen LogP contribution is -2.23. The van der Waals surface area contributed by atoms with Gasteiger partial charge in [-0.25, -0.2) is 4.68 Å². The van der Waals surface area contributed by atoms with Crippen LogP contribution in [0.25, 0.3) is 0 Å². The van der Waals surface area contributed by atoms with Gasteiger partial charge in [0.1, 0.15) is 18.1 Å². The monoisotopic (exact) mass is 367 g/mol. The number of para-hydroxylation sites is 1. The van der Waals surface area contributed by atoms with Crippen LogP contribution in [0.3, 0.4) is 0 Å². The molecular formula is C19H21N5O3. The number of methoxy groups -OCH3 is 1. The van der Waals surface area contributed by atoms with Crippen LogP contribution in [0.4, 0.5) is 0 Å². The van der Waals surface area contributed by atoms with Crippen LogP contribution < -0.4 is 14.8 Å². The predicted octanol–water partition coefficient (Wildman–Crippen LogP) is 2.21. The van der Waals surface area contributed by atoms with Crippen molar-refractivity contribution in [3.63, 3.8) is 0 Å². The van der Waals surface area contributed by atoms with E-state index < -0.39 is 0 Å². The van der Waals surface area contributed by atoms with Gasteiger partial charge in [0.25, 0.3) is 5.91 Å². The number of nitrogens with one attached hydrogen (secondary N) is 1. The summed E-state index contributed by atoms with van der Waals surface area (Å²) in [6.45, 7) is 3.29. The third-order valence-electron chi connectivity index (χ3n) is 4.02. The van der Waals surface area contributed by atoms with Crippen LogP contribution in [0.2, 0.25) is 0 Å². The van der Waals surface area contributed by atoms with Gasteiger partial charge in [0.2, 0.25) is 0 Å². The van der Waals surface area contributed by atoms with Crippen molar-refractivity contribution < 1.29 is 14.3 Å². The second-order valence-electron chi connectivity index (χ2n) is 5.72. The Hall–Kier alpha value is -3.42. The summed E-state index contributed by atoms with van der Waals surface area (Å²) in [4.78, 5) is 12.3. The normalized spacial score (nSPS) is 10.4. The zero-order valence-electron chi connectivity index (χ0n) is 15.3. The molecule has 0 aliphatic heterocycles. The van der Waals surface area contributed by atoms with Gasteiger partial charge >= 0.3 is 0 Å². The summed E-state index contributed by atoms with van der Waals surface area (Å²) < 4.78 is 12.6. The number of amides is 1. The number of aromatic nitrogens is 4. The Morgan fingerprint density at radius 3 is 2.67 bits per heavy atom. The number of carbonyl (C=O) groups excluding carboxylic acids is 1. The van der Waals surface area contributed by atoms with Crippen LogP contribution in [0.15, 0.2) is 48.5 Å². The number of nitrogens with zero attached hydrogens (tertiary/aromatic N) is 4. The zero-order valence-corrected chi connectivity index (χ0v) is 15.3. The minimum atomic E-state index is -0.164. The molecule has 0 radical (unpaired) electrons. The Labute approximate surface area is 157 Å². The van der Waals surface area contributed by atoms with E-state index in [4.69, 9.17) is 9.47 Å². The molecule has 1 aromatic heterocycles. The maximum atomic E-state index is 12.3. The molecule has 3 rings (SSSR count). The van der Waals surface area contributed by atoms with Crippen molar-refractivity contribution in [2.45, 2.75) is 26.6 Å². The Balaban J connectivity index is 1.55. The SMILES string of the molecule is CCn1nnnc1COc1ccc(C(=O)NCc2ccccc2OC)cc1. The molecule has 0 aliphatic carbocycles. The third kappa shape index (κ3) is 4.60. The standard InChI is InChI=1S/C19H21N5O3/c1-3-24-18(21-22-23-24)13-27-16-10-8-14(9-11-16)19(25)20-12-15-6-4-5-7-17(15)26-2/h4-11H,3,12-13H2,1-2H3,(H,20,25). The van der Waals surface area contributed by atoms with E-state index in [0.717, 1.165) is 11.3 Å². The molecule has 1 amide bonds. The van der Waals surface area contributed by atoms with Crippen molar-refractivity contribution in [2.24, 2.45) is 0 Å². The molecule has 0 saturated heterocycles. The highest BCUT2D eigenvalue weighted by Crippen LogP contribution is 2.17. The maximum Gasteiger partial charge on any atom is 0.251 e. The summed E-state index contributed by atoms with van der Waals surface area (Å²) in [5, 5.41) is 14.3. The van der Waals surface area contributed by atoms with Gasteiger partial charge in [-0.15, -0.1) is 5.10 Å². The molecule has 2 aromatic carbocycles. The van der Waals surface area contributed by atoms with Gasteiger partial charge in [-0.3, -0.25) is 4.79 Å². The lowest BCUT2D eigenvalue weighted by atomic mass is 10.1. The molecule has 0 spiro atoms. The first-order valence-electron chi connectivity index (χ1n) is 8.59. The number of ether oxygens (including phenoxy) is 2. The lowest BCUT2D eigenvalue weighted by molar-refractivity contribution is 0.0950. The maximum absolute atomic E-state index is 12.3. The number of tetrazole rings is 1. The molecule has 140 valence electrons. The Morgan fingerprint density at radius 2 is 1.93 bits per heavy atom. The number of hydrogen-bond donors (Lipinski definition) is 1. The van der Waals surface area contributed by atoms with Crippen molar-refractivity contribution in [3.8, 4) is 11.5 Å². The highest BCUT2D eigenvalue weighted by atomic mass is 16.5. The van der Waals surface area contributed by atoms with Crippen LogP contribution in [0.1, 0.15) is 28.7 Å². The van der Waals surface area contributed by atoms with Crippen molar-refractivity contribution in [3.05, 3.63) is 65.5 Å². The van der Waals surface area contributed by atoms with E-state index in [1.807, 2.05) is 31.2 Å². The second kappa shape index (κ2) is 8.79. The van der Waals surface area contributed by atoms with E-state index in [0.29, 0.717) is 30.2 Å². The molecule has 3 aromatic rings. The van der Waals surface area contributed by atoms with Crippen LogP contribution in [-0.2, 0) is 19.7 Å². The summed E-state index contributed by atoms with van der Waals surface area (Å²) in [6, 6.07) is 14.5. The van der Waals surface area contributed by atoms with Crippen molar-refractivity contribution in [2.75, 3.05) is 7.11 Å². The Kier molecular flexibility index (Phi) is 5.98. The van der Waals surface area contributed by atoms with Crippen molar-refractivity contribution in [1.82, 2.24) is 25.5 Å². The fourth-order valence-electron chi connectivity index (χ4n) is 2.55. The average molecular weight is 367 g/mol. The fraction of sp³-hybridized carbons (Fsp3) is 0.263. The summed E-state index contributed by atoms with van der Waals surface area (Å²) in [5.74, 6) is 1.87. The first-order valence-corrected chi connectivity index (χ1v) is 8.59. The highest BCUT2D eigenvalue weighted by Gasteiger charge is 2.09. The molecule has 8 nitrogen and oxygen atoms in total. The topological polar surface area (TPSA) is 91.2 Å². The molecule has 0 fully saturated rings. The minimum Gasteiger partial charge on any atom is -0.496 e. The third-order valence-corrected chi connectivity index (χ3v) is 4.02. The molecule has 27 heavy (non-hydrogen) atoms. The van der Waals surface area contributed by atoms with Crippen LogP contribution in [0, 0.1) is 0 Å². The molecule has 0 unspecified atom stereocenters. The van der Waals surface area contributed by atoms with Crippen molar-refractivity contribution in [1.29, 1.82) is 0 Å². The molecule has 0 aliphatic rings. The average Bonchev–Trinajstić information content (AvgIpc) is 3.18. The fourth-order valence-corrected chi connectivity index (χ4v) is 2.55.